The van der Waals surface area contributed by atoms with E-state index in [0.717, 1.165) is 44.6 Å². The molecule has 0 radical (unpaired) electrons. The fraction of sp³-hybridized carbons (Fsp3) is 0.643. The van der Waals surface area contributed by atoms with Gasteiger partial charge in [-0.25, -0.2) is 9.97 Å². The van der Waals surface area contributed by atoms with Crippen molar-refractivity contribution in [1.82, 2.24) is 14.9 Å². The number of carbonyl (C=O) groups is 1. The van der Waals surface area contributed by atoms with E-state index in [1.807, 2.05) is 11.8 Å². The molecule has 1 aliphatic heterocycles. The highest BCUT2D eigenvalue weighted by Crippen LogP contribution is 2.38. The Labute approximate surface area is 118 Å². The number of likely N-dealkylation sites (tertiary alicyclic amines) is 1. The second-order valence-electron chi connectivity index (χ2n) is 5.71. The Kier molecular flexibility index (Phi) is 3.46. The Morgan fingerprint density at radius 1 is 1.40 bits per heavy atom. The Morgan fingerprint density at radius 2 is 2.10 bits per heavy atom. The molecule has 1 saturated carbocycles. The van der Waals surface area contributed by atoms with E-state index in [-0.39, 0.29) is 11.9 Å². The van der Waals surface area contributed by atoms with Crippen molar-refractivity contribution in [3.8, 4) is 0 Å². The lowest BCUT2D eigenvalue weighted by atomic mass is 10.3. The van der Waals surface area contributed by atoms with E-state index in [4.69, 9.17) is 5.73 Å². The molecule has 6 heteroatoms. The van der Waals surface area contributed by atoms with Crippen molar-refractivity contribution in [3.63, 3.8) is 0 Å². The summed E-state index contributed by atoms with van der Waals surface area (Å²) in [5.74, 6) is 2.49. The average molecular weight is 275 g/mol. The SMILES string of the molecule is CC(Nc1cc(N)nc(C2CC2)n1)C(=O)N1CCCC1. The molecule has 2 aliphatic rings. The lowest BCUT2D eigenvalue weighted by molar-refractivity contribution is -0.130. The molecule has 108 valence electrons. The molecule has 1 atom stereocenters. The van der Waals surface area contributed by atoms with Gasteiger partial charge in [0, 0.05) is 25.1 Å². The number of rotatable bonds is 4. The number of carbonyl (C=O) groups excluding carboxylic acids is 1. The molecule has 0 spiro atoms. The van der Waals surface area contributed by atoms with Crippen LogP contribution in [0.3, 0.4) is 0 Å². The molecule has 0 bridgehead atoms. The minimum absolute atomic E-state index is 0.132. The van der Waals surface area contributed by atoms with Gasteiger partial charge in [-0.1, -0.05) is 0 Å². The van der Waals surface area contributed by atoms with Crippen LogP contribution in [-0.2, 0) is 4.79 Å². The van der Waals surface area contributed by atoms with Gasteiger partial charge in [-0.3, -0.25) is 4.79 Å². The zero-order valence-corrected chi connectivity index (χ0v) is 11.8. The second kappa shape index (κ2) is 5.26. The van der Waals surface area contributed by atoms with Crippen molar-refractivity contribution < 1.29 is 4.79 Å². The summed E-state index contributed by atoms with van der Waals surface area (Å²) >= 11 is 0. The number of nitrogens with zero attached hydrogens (tertiary/aromatic N) is 3. The number of aromatic nitrogens is 2. The Bertz CT molecular complexity index is 508. The van der Waals surface area contributed by atoms with Gasteiger partial charge in [0.2, 0.25) is 5.91 Å². The van der Waals surface area contributed by atoms with Crippen LogP contribution in [0.5, 0.6) is 0 Å². The maximum Gasteiger partial charge on any atom is 0.244 e. The van der Waals surface area contributed by atoms with Crippen LogP contribution < -0.4 is 11.1 Å². The summed E-state index contributed by atoms with van der Waals surface area (Å²) in [7, 11) is 0. The maximum atomic E-state index is 12.3. The fourth-order valence-electron chi connectivity index (χ4n) is 2.58. The summed E-state index contributed by atoms with van der Waals surface area (Å²) in [4.78, 5) is 22.9. The standard InChI is InChI=1S/C14H21N5O/c1-9(14(20)19-6-2-3-7-19)16-12-8-11(15)17-13(18-12)10-4-5-10/h8-10H,2-7H2,1H3,(H3,15,16,17,18). The van der Waals surface area contributed by atoms with Crippen molar-refractivity contribution in [2.24, 2.45) is 0 Å². The lowest BCUT2D eigenvalue weighted by Gasteiger charge is -2.21. The normalized spacial score (nSPS) is 19.9. The van der Waals surface area contributed by atoms with E-state index >= 15 is 0 Å². The quantitative estimate of drug-likeness (QED) is 0.866. The molecular weight excluding hydrogens is 254 g/mol. The van der Waals surface area contributed by atoms with E-state index in [9.17, 15) is 4.79 Å². The van der Waals surface area contributed by atoms with Crippen molar-refractivity contribution >= 4 is 17.5 Å². The molecule has 1 aliphatic carbocycles. The zero-order valence-electron chi connectivity index (χ0n) is 11.8. The fourth-order valence-corrected chi connectivity index (χ4v) is 2.58. The van der Waals surface area contributed by atoms with Crippen LogP contribution in [0.4, 0.5) is 11.6 Å². The van der Waals surface area contributed by atoms with Crippen LogP contribution in [0.25, 0.3) is 0 Å². The smallest absolute Gasteiger partial charge is 0.244 e. The number of anilines is 2. The van der Waals surface area contributed by atoms with Gasteiger partial charge >= 0.3 is 0 Å². The van der Waals surface area contributed by atoms with Gasteiger partial charge in [0.1, 0.15) is 23.5 Å². The highest BCUT2D eigenvalue weighted by Gasteiger charge is 2.28. The molecule has 1 unspecified atom stereocenters. The third-order valence-corrected chi connectivity index (χ3v) is 3.86. The Morgan fingerprint density at radius 3 is 2.75 bits per heavy atom. The predicted octanol–water partition coefficient (Wildman–Crippen LogP) is 1.36. The van der Waals surface area contributed by atoms with E-state index in [1.54, 1.807) is 6.07 Å². The van der Waals surface area contributed by atoms with Gasteiger partial charge in [-0.15, -0.1) is 0 Å². The Hall–Kier alpha value is -1.85. The average Bonchev–Trinajstić information content (AvgIpc) is 3.13. The molecule has 20 heavy (non-hydrogen) atoms. The topological polar surface area (TPSA) is 84.1 Å². The summed E-state index contributed by atoms with van der Waals surface area (Å²) in [6.45, 7) is 3.60. The molecule has 1 saturated heterocycles. The number of nitrogens with one attached hydrogen (secondary N) is 1. The van der Waals surface area contributed by atoms with Crippen molar-refractivity contribution in [2.45, 2.75) is 44.6 Å². The van der Waals surface area contributed by atoms with Crippen molar-refractivity contribution in [1.29, 1.82) is 0 Å². The summed E-state index contributed by atoms with van der Waals surface area (Å²) in [6.07, 6.45) is 4.46. The molecule has 1 amide bonds. The molecule has 2 fully saturated rings. The first kappa shape index (κ1) is 13.1. The third kappa shape index (κ3) is 2.84. The van der Waals surface area contributed by atoms with Crippen LogP contribution in [0, 0.1) is 0 Å². The van der Waals surface area contributed by atoms with Crippen LogP contribution in [0.2, 0.25) is 0 Å². The van der Waals surface area contributed by atoms with Crippen LogP contribution in [0.1, 0.15) is 44.3 Å². The van der Waals surface area contributed by atoms with Gasteiger partial charge in [-0.05, 0) is 32.6 Å². The largest absolute Gasteiger partial charge is 0.384 e. The van der Waals surface area contributed by atoms with E-state index in [2.05, 4.69) is 15.3 Å². The molecule has 0 aromatic carbocycles. The first-order chi connectivity index (χ1) is 9.63. The number of amides is 1. The summed E-state index contributed by atoms with van der Waals surface area (Å²) in [6, 6.07) is 1.41. The Balaban J connectivity index is 1.68. The highest BCUT2D eigenvalue weighted by atomic mass is 16.2. The first-order valence-corrected chi connectivity index (χ1v) is 7.33. The minimum atomic E-state index is -0.283. The number of nitrogens with two attached hydrogens (primary N) is 1. The summed E-state index contributed by atoms with van der Waals surface area (Å²) in [5.41, 5.74) is 5.81. The van der Waals surface area contributed by atoms with Gasteiger partial charge in [-0.2, -0.15) is 0 Å². The van der Waals surface area contributed by atoms with Gasteiger partial charge in [0.15, 0.2) is 0 Å². The molecule has 6 nitrogen and oxygen atoms in total. The lowest BCUT2D eigenvalue weighted by Crippen LogP contribution is -2.39. The molecular formula is C14H21N5O. The molecule has 3 N–H and O–H groups in total. The summed E-state index contributed by atoms with van der Waals surface area (Å²) in [5, 5.41) is 3.16. The van der Waals surface area contributed by atoms with E-state index in [1.165, 1.54) is 0 Å². The van der Waals surface area contributed by atoms with Crippen molar-refractivity contribution in [3.05, 3.63) is 11.9 Å². The second-order valence-corrected chi connectivity index (χ2v) is 5.71. The van der Waals surface area contributed by atoms with Crippen LogP contribution >= 0.6 is 0 Å². The zero-order chi connectivity index (χ0) is 14.1. The van der Waals surface area contributed by atoms with Gasteiger partial charge in [0.25, 0.3) is 0 Å². The molecule has 1 aromatic rings. The first-order valence-electron chi connectivity index (χ1n) is 7.33. The predicted molar refractivity (Wildman–Crippen MR) is 77.3 cm³/mol. The number of hydrogen-bond acceptors (Lipinski definition) is 5. The van der Waals surface area contributed by atoms with Gasteiger partial charge < -0.3 is 16.0 Å². The van der Waals surface area contributed by atoms with Crippen LogP contribution in [0.15, 0.2) is 6.07 Å². The monoisotopic (exact) mass is 275 g/mol. The number of hydrogen-bond donors (Lipinski definition) is 2. The molecule has 1 aromatic heterocycles. The third-order valence-electron chi connectivity index (χ3n) is 3.86. The number of nitrogen functional groups attached to an aromatic ring is 1. The van der Waals surface area contributed by atoms with E-state index in [0.29, 0.717) is 17.6 Å². The molecule has 2 heterocycles. The maximum absolute atomic E-state index is 12.3. The summed E-state index contributed by atoms with van der Waals surface area (Å²) < 4.78 is 0. The van der Waals surface area contributed by atoms with E-state index < -0.39 is 0 Å². The molecule has 3 rings (SSSR count). The van der Waals surface area contributed by atoms with Crippen molar-refractivity contribution in [2.75, 3.05) is 24.1 Å². The highest BCUT2D eigenvalue weighted by molar-refractivity contribution is 5.84. The van der Waals surface area contributed by atoms with Gasteiger partial charge in [0.05, 0.1) is 0 Å². The van der Waals surface area contributed by atoms with Crippen LogP contribution in [-0.4, -0.2) is 39.9 Å². The minimum Gasteiger partial charge on any atom is -0.384 e.